The Bertz CT molecular complexity index is 764. The number of thioether (sulfide) groups is 1. The smallest absolute Gasteiger partial charge is 0.240 e. The summed E-state index contributed by atoms with van der Waals surface area (Å²) in [6.07, 6.45) is 3.16. The van der Waals surface area contributed by atoms with Crippen molar-refractivity contribution in [3.05, 3.63) is 12.2 Å². The van der Waals surface area contributed by atoms with E-state index in [9.17, 15) is 20.1 Å². The molecule has 8 nitrogen and oxygen atoms in total. The number of rotatable bonds is 4. The zero-order chi connectivity index (χ0) is 25.3. The lowest BCUT2D eigenvalue weighted by Crippen LogP contribution is -2.67. The van der Waals surface area contributed by atoms with Crippen molar-refractivity contribution in [2.75, 3.05) is 18.9 Å². The van der Waals surface area contributed by atoms with Gasteiger partial charge in [0.05, 0.1) is 12.1 Å². The molecule has 0 aromatic rings. The molecule has 0 aliphatic carbocycles. The van der Waals surface area contributed by atoms with Gasteiger partial charge in [-0.25, -0.2) is 0 Å². The molecule has 4 heterocycles. The van der Waals surface area contributed by atoms with Crippen LogP contribution in [0.5, 0.6) is 0 Å². The molecule has 0 aromatic carbocycles. The second-order valence-electron chi connectivity index (χ2n) is 11.9. The Morgan fingerprint density at radius 2 is 1.94 bits per heavy atom. The quantitative estimate of drug-likeness (QED) is 0.359. The molecule has 0 radical (unpaired) electrons. The maximum atomic E-state index is 13.7. The van der Waals surface area contributed by atoms with Crippen LogP contribution in [0, 0.1) is 23.2 Å². The first-order valence-corrected chi connectivity index (χ1v) is 14.2. The lowest BCUT2D eigenvalue weighted by atomic mass is 9.75. The number of carbonyl (C=O) groups excluding carboxylic acids is 1. The first kappa shape index (κ1) is 27.4. The summed E-state index contributed by atoms with van der Waals surface area (Å²) in [5.41, 5.74) is -1.15. The first-order chi connectivity index (χ1) is 16.6. The molecule has 3 fully saturated rings. The van der Waals surface area contributed by atoms with E-state index in [-0.39, 0.29) is 12.0 Å². The number of hydrogen-bond donors (Lipinski definition) is 5. The number of nitrogens with one attached hydrogen (secondary N) is 2. The monoisotopic (exact) mass is 512 g/mol. The molecule has 0 aromatic heterocycles. The van der Waals surface area contributed by atoms with E-state index in [0.717, 1.165) is 19.4 Å². The van der Waals surface area contributed by atoms with Crippen LogP contribution in [0.2, 0.25) is 0 Å². The number of amides is 1. The Kier molecular flexibility index (Phi) is 8.89. The van der Waals surface area contributed by atoms with Gasteiger partial charge in [-0.3, -0.25) is 4.79 Å². The topological polar surface area (TPSA) is 120 Å². The van der Waals surface area contributed by atoms with Gasteiger partial charge < -0.3 is 35.4 Å². The van der Waals surface area contributed by atoms with Crippen LogP contribution in [-0.4, -0.2) is 88.2 Å². The fraction of sp³-hybridized carbons (Fsp3) is 0.885. The number of aliphatic hydroxyl groups excluding tert-OH is 3. The molecule has 0 spiro atoms. The van der Waals surface area contributed by atoms with Crippen LogP contribution < -0.4 is 10.6 Å². The van der Waals surface area contributed by atoms with Crippen molar-refractivity contribution in [2.24, 2.45) is 23.2 Å². The van der Waals surface area contributed by atoms with Crippen molar-refractivity contribution in [1.29, 1.82) is 0 Å². The van der Waals surface area contributed by atoms with Crippen LogP contribution >= 0.6 is 11.8 Å². The van der Waals surface area contributed by atoms with Gasteiger partial charge in [0.25, 0.3) is 0 Å². The fourth-order valence-corrected chi connectivity index (χ4v) is 7.26. The van der Waals surface area contributed by atoms with Crippen LogP contribution in [0.1, 0.15) is 53.4 Å². The maximum Gasteiger partial charge on any atom is 0.240 e. The van der Waals surface area contributed by atoms with Crippen LogP contribution in [0.3, 0.4) is 0 Å². The zero-order valence-corrected chi connectivity index (χ0v) is 22.2. The normalized spacial score (nSPS) is 43.9. The van der Waals surface area contributed by atoms with E-state index >= 15 is 0 Å². The average Bonchev–Trinajstić information content (AvgIpc) is 3.08. The molecule has 1 amide bonds. The van der Waals surface area contributed by atoms with Gasteiger partial charge in [-0.1, -0.05) is 39.8 Å². The highest BCUT2D eigenvalue weighted by Crippen LogP contribution is 2.39. The van der Waals surface area contributed by atoms with Crippen molar-refractivity contribution in [3.63, 3.8) is 0 Å². The van der Waals surface area contributed by atoms with E-state index in [1.165, 1.54) is 18.2 Å². The molecule has 200 valence electrons. The Labute approximate surface area is 213 Å². The Hall–Kier alpha value is -0.680. The van der Waals surface area contributed by atoms with Gasteiger partial charge in [-0.15, -0.1) is 11.8 Å². The number of carbonyl (C=O) groups is 1. The number of allylic oxidation sites excluding steroid dienone is 1. The molecule has 4 rings (SSSR count). The summed E-state index contributed by atoms with van der Waals surface area (Å²) in [7, 11) is 0. The van der Waals surface area contributed by atoms with Crippen molar-refractivity contribution in [2.45, 2.75) is 101 Å². The minimum Gasteiger partial charge on any atom is -0.388 e. The molecular weight excluding hydrogens is 468 g/mol. The minimum atomic E-state index is -1.35. The largest absolute Gasteiger partial charge is 0.388 e. The zero-order valence-electron chi connectivity index (χ0n) is 21.4. The standard InChI is InChI=1S/C26H44N2O6S/c1-14(2)11-15-7-9-33-21-16(12-15)13-27-17(21)24(32)28-23-22-19(30)18(29)20(31)25(34-22)35-10-6-5-8-26(23,3)4/h5-6,14-23,25,27,29-31H,7-13H2,1-4H3,(H,28,32)/t15-,16-,17-,18-,19+,20+,21+,22-,23-,25+/m0/s1. The third-order valence-corrected chi connectivity index (χ3v) is 9.30. The highest BCUT2D eigenvalue weighted by Gasteiger charge is 2.52. The Morgan fingerprint density at radius 1 is 1.17 bits per heavy atom. The van der Waals surface area contributed by atoms with Crippen molar-refractivity contribution in [3.8, 4) is 0 Å². The summed E-state index contributed by atoms with van der Waals surface area (Å²) in [5, 5.41) is 38.5. The number of ether oxygens (including phenoxy) is 2. The van der Waals surface area contributed by atoms with Crippen molar-refractivity contribution >= 4 is 17.7 Å². The van der Waals surface area contributed by atoms with E-state index in [1.807, 2.05) is 19.9 Å². The van der Waals surface area contributed by atoms with Crippen LogP contribution in [-0.2, 0) is 14.3 Å². The lowest BCUT2D eigenvalue weighted by Gasteiger charge is -2.48. The molecule has 0 unspecified atom stereocenters. The van der Waals surface area contributed by atoms with Gasteiger partial charge in [-0.05, 0) is 48.9 Å². The van der Waals surface area contributed by atoms with Crippen molar-refractivity contribution < 1.29 is 29.6 Å². The number of hydrogen-bond acceptors (Lipinski definition) is 8. The third-order valence-electron chi connectivity index (χ3n) is 8.19. The molecular formula is C26H44N2O6S. The fourth-order valence-electron chi connectivity index (χ4n) is 6.26. The number of aliphatic hydroxyl groups is 3. The summed E-state index contributed by atoms with van der Waals surface area (Å²) >= 11 is 1.38. The SMILES string of the molecule is CC(C)C[C@@H]1CCO[C@@H]2[C@H](CN[C@@H]2C(=O)N[C@H]2[C@H]3O[C@H](SCC=CCC2(C)C)[C@H](O)[C@@H](O)[C@H]3O)C1. The third kappa shape index (κ3) is 6.08. The molecule has 3 saturated heterocycles. The van der Waals surface area contributed by atoms with Gasteiger partial charge in [-0.2, -0.15) is 0 Å². The molecule has 9 heteroatoms. The maximum absolute atomic E-state index is 13.7. The highest BCUT2D eigenvalue weighted by molar-refractivity contribution is 7.99. The summed E-state index contributed by atoms with van der Waals surface area (Å²) in [4.78, 5) is 13.7. The van der Waals surface area contributed by atoms with Gasteiger partial charge in [0.15, 0.2) is 0 Å². The summed E-state index contributed by atoms with van der Waals surface area (Å²) < 4.78 is 12.4. The Morgan fingerprint density at radius 3 is 2.69 bits per heavy atom. The molecule has 0 saturated carbocycles. The van der Waals surface area contributed by atoms with Gasteiger partial charge >= 0.3 is 0 Å². The van der Waals surface area contributed by atoms with Gasteiger partial charge in [0.1, 0.15) is 35.9 Å². The van der Waals surface area contributed by atoms with Crippen LogP contribution in [0.4, 0.5) is 0 Å². The predicted molar refractivity (Wildman–Crippen MR) is 136 cm³/mol. The molecule has 4 aliphatic rings. The summed E-state index contributed by atoms with van der Waals surface area (Å²) in [6, 6.07) is -1.04. The summed E-state index contributed by atoms with van der Waals surface area (Å²) in [5.74, 6) is 2.03. The lowest BCUT2D eigenvalue weighted by molar-refractivity contribution is -0.212. The van der Waals surface area contributed by atoms with E-state index in [2.05, 4.69) is 30.6 Å². The van der Waals surface area contributed by atoms with E-state index in [0.29, 0.717) is 36.5 Å². The van der Waals surface area contributed by atoms with Gasteiger partial charge in [0.2, 0.25) is 5.91 Å². The molecule has 4 aliphatic heterocycles. The predicted octanol–water partition coefficient (Wildman–Crippen LogP) is 1.43. The minimum absolute atomic E-state index is 0.167. The molecule has 2 bridgehead atoms. The van der Waals surface area contributed by atoms with Gasteiger partial charge in [0, 0.05) is 18.9 Å². The second-order valence-corrected chi connectivity index (χ2v) is 13.1. The van der Waals surface area contributed by atoms with Crippen LogP contribution in [0.15, 0.2) is 12.2 Å². The first-order valence-electron chi connectivity index (χ1n) is 13.2. The van der Waals surface area contributed by atoms with Crippen LogP contribution in [0.25, 0.3) is 0 Å². The molecule has 10 atom stereocenters. The molecule has 35 heavy (non-hydrogen) atoms. The number of fused-ring (bicyclic) bond motifs is 3. The molecule has 5 N–H and O–H groups in total. The van der Waals surface area contributed by atoms with E-state index in [1.54, 1.807) is 0 Å². The van der Waals surface area contributed by atoms with E-state index < -0.39 is 47.4 Å². The highest BCUT2D eigenvalue weighted by atomic mass is 32.2. The Balaban J connectivity index is 1.52. The second kappa shape index (κ2) is 11.4. The average molecular weight is 513 g/mol. The van der Waals surface area contributed by atoms with E-state index in [4.69, 9.17) is 9.47 Å². The van der Waals surface area contributed by atoms with Crippen molar-refractivity contribution in [1.82, 2.24) is 10.6 Å². The summed E-state index contributed by atoms with van der Waals surface area (Å²) in [6.45, 7) is 9.98.